The number of hydrogen-bond acceptors (Lipinski definition) is 2. The van der Waals surface area contributed by atoms with Crippen LogP contribution in [0, 0.1) is 0 Å². The second kappa shape index (κ2) is 4.66. The summed E-state index contributed by atoms with van der Waals surface area (Å²) in [5, 5.41) is 13.9. The van der Waals surface area contributed by atoms with Crippen molar-refractivity contribution in [3.8, 4) is 0 Å². The van der Waals surface area contributed by atoms with Gasteiger partial charge in [-0.25, -0.2) is 0 Å². The van der Waals surface area contributed by atoms with E-state index < -0.39 is 0 Å². The predicted molar refractivity (Wildman–Crippen MR) is 62.8 cm³/mol. The molecule has 2 unspecified atom stereocenters. The molecule has 0 aromatic carbocycles. The van der Waals surface area contributed by atoms with E-state index in [-0.39, 0.29) is 6.10 Å². The number of aliphatic hydroxyl groups is 1. The molecular formula is C11H17BrN2O. The van der Waals surface area contributed by atoms with Gasteiger partial charge in [-0.1, -0.05) is 6.92 Å². The fraction of sp³-hybridized carbons (Fsp3) is 0.727. The molecule has 0 bridgehead atoms. The Kier molecular flexibility index (Phi) is 3.46. The van der Waals surface area contributed by atoms with Gasteiger partial charge in [0.05, 0.1) is 22.5 Å². The summed E-state index contributed by atoms with van der Waals surface area (Å²) >= 11 is 3.55. The summed E-state index contributed by atoms with van der Waals surface area (Å²) in [6.07, 6.45) is 5.73. The number of aliphatic hydroxyl groups excluding tert-OH is 1. The zero-order valence-electron chi connectivity index (χ0n) is 8.99. The third-order valence-corrected chi connectivity index (χ3v) is 3.67. The molecule has 84 valence electrons. The highest BCUT2D eigenvalue weighted by molar-refractivity contribution is 9.10. The van der Waals surface area contributed by atoms with E-state index in [9.17, 15) is 5.11 Å². The van der Waals surface area contributed by atoms with Gasteiger partial charge in [0.1, 0.15) is 0 Å². The molecule has 1 aromatic rings. The average Bonchev–Trinajstić information content (AvgIpc) is 2.74. The largest absolute Gasteiger partial charge is 0.393 e. The maximum absolute atomic E-state index is 9.57. The molecule has 1 heterocycles. The molecule has 0 aliphatic heterocycles. The maximum atomic E-state index is 9.57. The van der Waals surface area contributed by atoms with E-state index in [1.54, 1.807) is 0 Å². The topological polar surface area (TPSA) is 38.0 Å². The third kappa shape index (κ3) is 2.26. The van der Waals surface area contributed by atoms with Crippen LogP contribution < -0.4 is 0 Å². The Morgan fingerprint density at radius 1 is 1.60 bits per heavy atom. The minimum atomic E-state index is -0.119. The number of rotatable bonds is 3. The Balaban J connectivity index is 2.21. The molecule has 1 saturated carbocycles. The molecule has 3 nitrogen and oxygen atoms in total. The van der Waals surface area contributed by atoms with Gasteiger partial charge in [0.25, 0.3) is 0 Å². The van der Waals surface area contributed by atoms with Crippen molar-refractivity contribution >= 4 is 15.9 Å². The van der Waals surface area contributed by atoms with Crippen molar-refractivity contribution in [2.75, 3.05) is 0 Å². The van der Waals surface area contributed by atoms with Crippen LogP contribution >= 0.6 is 15.9 Å². The highest BCUT2D eigenvalue weighted by Crippen LogP contribution is 2.37. The summed E-state index contributed by atoms with van der Waals surface area (Å²) in [5.41, 5.74) is 1.27. The van der Waals surface area contributed by atoms with Crippen molar-refractivity contribution < 1.29 is 5.11 Å². The minimum absolute atomic E-state index is 0.119. The van der Waals surface area contributed by atoms with E-state index in [0.29, 0.717) is 5.92 Å². The molecule has 0 spiro atoms. The van der Waals surface area contributed by atoms with Gasteiger partial charge < -0.3 is 5.11 Å². The molecule has 2 rings (SSSR count). The van der Waals surface area contributed by atoms with Crippen LogP contribution in [-0.2, 0) is 6.54 Å². The SMILES string of the molecule is CCCn1ncc(Br)c1C1CCC(O)C1. The van der Waals surface area contributed by atoms with Crippen molar-refractivity contribution in [1.82, 2.24) is 9.78 Å². The summed E-state index contributed by atoms with van der Waals surface area (Å²) < 4.78 is 3.17. The van der Waals surface area contributed by atoms with E-state index in [1.807, 2.05) is 6.20 Å². The van der Waals surface area contributed by atoms with Crippen LogP contribution in [0.3, 0.4) is 0 Å². The Morgan fingerprint density at radius 2 is 2.40 bits per heavy atom. The first-order valence-corrected chi connectivity index (χ1v) is 6.41. The van der Waals surface area contributed by atoms with Crippen LogP contribution in [0.5, 0.6) is 0 Å². The Hall–Kier alpha value is -0.350. The second-order valence-corrected chi connectivity index (χ2v) is 5.12. The number of hydrogen-bond donors (Lipinski definition) is 1. The van der Waals surface area contributed by atoms with Crippen LogP contribution in [0.25, 0.3) is 0 Å². The predicted octanol–water partition coefficient (Wildman–Crippen LogP) is 2.68. The molecular weight excluding hydrogens is 256 g/mol. The highest BCUT2D eigenvalue weighted by Gasteiger charge is 2.28. The van der Waals surface area contributed by atoms with Crippen molar-refractivity contribution in [2.45, 2.75) is 51.2 Å². The van der Waals surface area contributed by atoms with Crippen LogP contribution in [0.4, 0.5) is 0 Å². The first kappa shape index (κ1) is 11.1. The minimum Gasteiger partial charge on any atom is -0.393 e. The molecule has 0 saturated heterocycles. The molecule has 1 aliphatic rings. The Labute approximate surface area is 98.6 Å². The van der Waals surface area contributed by atoms with Gasteiger partial charge in [0.15, 0.2) is 0 Å². The zero-order valence-corrected chi connectivity index (χ0v) is 10.6. The first-order valence-electron chi connectivity index (χ1n) is 5.61. The lowest BCUT2D eigenvalue weighted by molar-refractivity contribution is 0.181. The van der Waals surface area contributed by atoms with Crippen LogP contribution in [0.2, 0.25) is 0 Å². The first-order chi connectivity index (χ1) is 7.22. The van der Waals surface area contributed by atoms with Gasteiger partial charge in [0, 0.05) is 12.5 Å². The molecule has 0 radical (unpaired) electrons. The number of nitrogens with zero attached hydrogens (tertiary/aromatic N) is 2. The monoisotopic (exact) mass is 272 g/mol. The Morgan fingerprint density at radius 3 is 3.00 bits per heavy atom. The van der Waals surface area contributed by atoms with Gasteiger partial charge in [-0.3, -0.25) is 4.68 Å². The van der Waals surface area contributed by atoms with Gasteiger partial charge in [-0.15, -0.1) is 0 Å². The lowest BCUT2D eigenvalue weighted by Crippen LogP contribution is -2.09. The summed E-state index contributed by atoms with van der Waals surface area (Å²) in [6, 6.07) is 0. The van der Waals surface area contributed by atoms with E-state index in [4.69, 9.17) is 0 Å². The molecule has 1 aromatic heterocycles. The quantitative estimate of drug-likeness (QED) is 0.919. The fourth-order valence-electron chi connectivity index (χ4n) is 2.37. The molecule has 15 heavy (non-hydrogen) atoms. The van der Waals surface area contributed by atoms with Crippen molar-refractivity contribution in [3.63, 3.8) is 0 Å². The fourth-order valence-corrected chi connectivity index (χ4v) is 2.99. The van der Waals surface area contributed by atoms with Crippen molar-refractivity contribution in [1.29, 1.82) is 0 Å². The van der Waals surface area contributed by atoms with E-state index >= 15 is 0 Å². The summed E-state index contributed by atoms with van der Waals surface area (Å²) in [4.78, 5) is 0. The molecule has 1 fully saturated rings. The average molecular weight is 273 g/mol. The van der Waals surface area contributed by atoms with Gasteiger partial charge in [0.2, 0.25) is 0 Å². The van der Waals surface area contributed by atoms with E-state index in [1.165, 1.54) is 5.69 Å². The Bertz CT molecular complexity index is 337. The van der Waals surface area contributed by atoms with Crippen molar-refractivity contribution in [2.24, 2.45) is 0 Å². The molecule has 0 amide bonds. The van der Waals surface area contributed by atoms with Crippen LogP contribution in [0.15, 0.2) is 10.7 Å². The highest BCUT2D eigenvalue weighted by atomic mass is 79.9. The third-order valence-electron chi connectivity index (χ3n) is 3.06. The van der Waals surface area contributed by atoms with Gasteiger partial charge >= 0.3 is 0 Å². The lowest BCUT2D eigenvalue weighted by Gasteiger charge is -2.13. The normalized spacial score (nSPS) is 26.1. The van der Waals surface area contributed by atoms with Gasteiger partial charge in [-0.05, 0) is 41.6 Å². The lowest BCUT2D eigenvalue weighted by atomic mass is 10.0. The number of halogens is 1. The summed E-state index contributed by atoms with van der Waals surface area (Å²) in [7, 11) is 0. The number of aryl methyl sites for hydroxylation is 1. The number of aromatic nitrogens is 2. The standard InChI is InChI=1S/C11H17BrN2O/c1-2-5-14-11(10(12)7-13-14)8-3-4-9(15)6-8/h7-9,15H,2-6H2,1H3. The summed E-state index contributed by atoms with van der Waals surface area (Å²) in [5.74, 6) is 0.475. The molecule has 2 atom stereocenters. The molecule has 1 N–H and O–H groups in total. The van der Waals surface area contributed by atoms with Gasteiger partial charge in [-0.2, -0.15) is 5.10 Å². The second-order valence-electron chi connectivity index (χ2n) is 4.26. The van der Waals surface area contributed by atoms with E-state index in [0.717, 1.165) is 36.7 Å². The van der Waals surface area contributed by atoms with Crippen LogP contribution in [-0.4, -0.2) is 21.0 Å². The zero-order chi connectivity index (χ0) is 10.8. The van der Waals surface area contributed by atoms with Crippen molar-refractivity contribution in [3.05, 3.63) is 16.4 Å². The van der Waals surface area contributed by atoms with Crippen LogP contribution in [0.1, 0.15) is 44.2 Å². The summed E-state index contributed by atoms with van der Waals surface area (Å²) in [6.45, 7) is 3.12. The molecule has 1 aliphatic carbocycles. The van der Waals surface area contributed by atoms with E-state index in [2.05, 4.69) is 32.6 Å². The smallest absolute Gasteiger partial charge is 0.0635 e. The molecule has 4 heteroatoms. The maximum Gasteiger partial charge on any atom is 0.0635 e.